The van der Waals surface area contributed by atoms with Crippen molar-refractivity contribution >= 4 is 20.4 Å². The van der Waals surface area contributed by atoms with E-state index in [1.807, 2.05) is 0 Å². The molecule has 0 spiro atoms. The SMILES string of the molecule is Cn1cc(P)c(N)nc1=O. The summed E-state index contributed by atoms with van der Waals surface area (Å²) in [6.45, 7) is 0. The zero-order chi connectivity index (χ0) is 7.72. The highest BCUT2D eigenvalue weighted by Gasteiger charge is 1.96. The van der Waals surface area contributed by atoms with Gasteiger partial charge >= 0.3 is 5.69 Å². The molecule has 0 radical (unpaired) electrons. The smallest absolute Gasteiger partial charge is 0.349 e. The van der Waals surface area contributed by atoms with Gasteiger partial charge in [0.2, 0.25) is 0 Å². The molecule has 0 fully saturated rings. The van der Waals surface area contributed by atoms with Crippen LogP contribution in [0.2, 0.25) is 0 Å². The third-order valence-corrected chi connectivity index (χ3v) is 1.59. The topological polar surface area (TPSA) is 60.9 Å². The van der Waals surface area contributed by atoms with E-state index in [0.29, 0.717) is 0 Å². The highest BCUT2D eigenvalue weighted by atomic mass is 31.0. The Labute approximate surface area is 60.3 Å². The van der Waals surface area contributed by atoms with Gasteiger partial charge in [0.05, 0.1) is 0 Å². The van der Waals surface area contributed by atoms with Gasteiger partial charge in [0.1, 0.15) is 5.82 Å². The first-order chi connectivity index (χ1) is 4.61. The Morgan fingerprint density at radius 3 is 2.90 bits per heavy atom. The quantitative estimate of drug-likeness (QED) is 0.484. The first-order valence-electron chi connectivity index (χ1n) is 2.70. The van der Waals surface area contributed by atoms with E-state index in [0.717, 1.165) is 5.30 Å². The number of aryl methyl sites for hydroxylation is 1. The van der Waals surface area contributed by atoms with Crippen molar-refractivity contribution in [3.05, 3.63) is 16.7 Å². The highest BCUT2D eigenvalue weighted by Crippen LogP contribution is 1.91. The predicted octanol–water partition coefficient (Wildman–Crippen LogP) is -1.14. The van der Waals surface area contributed by atoms with Crippen LogP contribution in [0.4, 0.5) is 5.82 Å². The van der Waals surface area contributed by atoms with Crippen LogP contribution in [0.1, 0.15) is 0 Å². The number of nitrogen functional groups attached to an aromatic ring is 1. The zero-order valence-corrected chi connectivity index (χ0v) is 6.69. The van der Waals surface area contributed by atoms with E-state index in [9.17, 15) is 4.79 Å². The van der Waals surface area contributed by atoms with Crippen molar-refractivity contribution in [1.29, 1.82) is 0 Å². The molecule has 2 N–H and O–H groups in total. The molecule has 0 bridgehead atoms. The molecule has 0 aromatic carbocycles. The maximum Gasteiger partial charge on any atom is 0.349 e. The second-order valence-electron chi connectivity index (χ2n) is 1.97. The molecule has 1 atom stereocenters. The maximum atomic E-state index is 10.8. The summed E-state index contributed by atoms with van der Waals surface area (Å²) >= 11 is 0. The van der Waals surface area contributed by atoms with Crippen LogP contribution in [-0.2, 0) is 7.05 Å². The summed E-state index contributed by atoms with van der Waals surface area (Å²) in [5.41, 5.74) is 5.01. The normalized spacial score (nSPS) is 9.80. The second kappa shape index (κ2) is 2.39. The summed E-state index contributed by atoms with van der Waals surface area (Å²) in [5.74, 6) is 0.271. The molecule has 1 unspecified atom stereocenters. The number of hydrogen-bond donors (Lipinski definition) is 1. The lowest BCUT2D eigenvalue weighted by atomic mass is 10.6. The summed E-state index contributed by atoms with van der Waals surface area (Å²) < 4.78 is 1.37. The lowest BCUT2D eigenvalue weighted by Gasteiger charge is -1.99. The standard InChI is InChI=1S/C5H8N3OP/c1-8-2-3(10)4(6)7-5(8)9/h2H,10H2,1H3,(H2,6,7,9). The molecule has 10 heavy (non-hydrogen) atoms. The molecular weight excluding hydrogens is 149 g/mol. The maximum absolute atomic E-state index is 10.8. The van der Waals surface area contributed by atoms with Crippen LogP contribution in [0.5, 0.6) is 0 Å². The third-order valence-electron chi connectivity index (χ3n) is 1.15. The Balaban J connectivity index is 3.43. The predicted molar refractivity (Wildman–Crippen MR) is 43.2 cm³/mol. The summed E-state index contributed by atoms with van der Waals surface area (Å²) in [7, 11) is 4.02. The van der Waals surface area contributed by atoms with Crippen LogP contribution in [-0.4, -0.2) is 9.55 Å². The van der Waals surface area contributed by atoms with Gasteiger partial charge in [-0.05, 0) is 0 Å². The van der Waals surface area contributed by atoms with Crippen molar-refractivity contribution in [2.75, 3.05) is 5.73 Å². The van der Waals surface area contributed by atoms with E-state index < -0.39 is 0 Å². The molecule has 5 heteroatoms. The minimum Gasteiger partial charge on any atom is -0.383 e. The Morgan fingerprint density at radius 1 is 1.80 bits per heavy atom. The fraction of sp³-hybridized carbons (Fsp3) is 0.200. The molecule has 54 valence electrons. The Hall–Kier alpha value is -0.890. The molecule has 0 amide bonds. The molecule has 0 aliphatic rings. The van der Waals surface area contributed by atoms with E-state index in [2.05, 4.69) is 14.2 Å². The van der Waals surface area contributed by atoms with E-state index >= 15 is 0 Å². The Bertz CT molecular complexity index is 306. The molecule has 4 nitrogen and oxygen atoms in total. The van der Waals surface area contributed by atoms with E-state index in [-0.39, 0.29) is 11.5 Å². The second-order valence-corrected chi connectivity index (χ2v) is 2.60. The third kappa shape index (κ3) is 1.16. The lowest BCUT2D eigenvalue weighted by molar-refractivity contribution is 0.820. The molecule has 0 aliphatic heterocycles. The van der Waals surface area contributed by atoms with Crippen molar-refractivity contribution in [2.45, 2.75) is 0 Å². The fourth-order valence-electron chi connectivity index (χ4n) is 0.576. The summed E-state index contributed by atoms with van der Waals surface area (Å²) in [6.07, 6.45) is 1.62. The van der Waals surface area contributed by atoms with Gasteiger partial charge in [0.15, 0.2) is 0 Å². The fourth-order valence-corrected chi connectivity index (χ4v) is 0.865. The molecule has 0 saturated heterocycles. The van der Waals surface area contributed by atoms with Gasteiger partial charge in [-0.2, -0.15) is 4.98 Å². The van der Waals surface area contributed by atoms with Gasteiger partial charge in [-0.25, -0.2) is 4.79 Å². The van der Waals surface area contributed by atoms with Gasteiger partial charge < -0.3 is 10.3 Å². The number of aromatic nitrogens is 2. The van der Waals surface area contributed by atoms with Gasteiger partial charge in [-0.3, -0.25) is 0 Å². The molecule has 0 saturated carbocycles. The molecule has 1 heterocycles. The highest BCUT2D eigenvalue weighted by molar-refractivity contribution is 7.27. The van der Waals surface area contributed by atoms with Crippen molar-refractivity contribution in [2.24, 2.45) is 7.05 Å². The number of anilines is 1. The first-order valence-corrected chi connectivity index (χ1v) is 3.27. The van der Waals surface area contributed by atoms with E-state index in [1.54, 1.807) is 13.2 Å². The van der Waals surface area contributed by atoms with Gasteiger partial charge in [0.25, 0.3) is 0 Å². The van der Waals surface area contributed by atoms with Crippen LogP contribution in [0.3, 0.4) is 0 Å². The largest absolute Gasteiger partial charge is 0.383 e. The van der Waals surface area contributed by atoms with Crippen LogP contribution >= 0.6 is 9.24 Å². The monoisotopic (exact) mass is 157 g/mol. The number of nitrogens with zero attached hydrogens (tertiary/aromatic N) is 2. The number of nitrogens with two attached hydrogens (primary N) is 1. The van der Waals surface area contributed by atoms with Gasteiger partial charge in [-0.1, -0.05) is 9.24 Å². The van der Waals surface area contributed by atoms with Crippen molar-refractivity contribution < 1.29 is 0 Å². The summed E-state index contributed by atoms with van der Waals surface area (Å²) in [4.78, 5) is 14.3. The summed E-state index contributed by atoms with van der Waals surface area (Å²) in [6, 6.07) is 0. The minimum absolute atomic E-state index is 0.271. The lowest BCUT2D eigenvalue weighted by Crippen LogP contribution is -2.25. The average Bonchev–Trinajstić information content (AvgIpc) is 1.84. The number of rotatable bonds is 0. The van der Waals surface area contributed by atoms with Gasteiger partial charge in [0, 0.05) is 18.5 Å². The van der Waals surface area contributed by atoms with Gasteiger partial charge in [-0.15, -0.1) is 0 Å². The van der Waals surface area contributed by atoms with Crippen molar-refractivity contribution in [3.8, 4) is 0 Å². The zero-order valence-electron chi connectivity index (χ0n) is 5.53. The van der Waals surface area contributed by atoms with E-state index in [1.165, 1.54) is 4.57 Å². The van der Waals surface area contributed by atoms with Crippen molar-refractivity contribution in [1.82, 2.24) is 9.55 Å². The summed E-state index contributed by atoms with van der Waals surface area (Å²) in [5, 5.41) is 0.738. The molecule has 1 rings (SSSR count). The Kier molecular flexibility index (Phi) is 1.72. The van der Waals surface area contributed by atoms with Crippen LogP contribution in [0.15, 0.2) is 11.0 Å². The molecule has 1 aromatic heterocycles. The first kappa shape index (κ1) is 7.22. The van der Waals surface area contributed by atoms with Crippen LogP contribution in [0, 0.1) is 0 Å². The van der Waals surface area contributed by atoms with Crippen LogP contribution in [0.25, 0.3) is 0 Å². The minimum atomic E-state index is -0.330. The Morgan fingerprint density at radius 2 is 2.40 bits per heavy atom. The van der Waals surface area contributed by atoms with E-state index in [4.69, 9.17) is 5.73 Å². The average molecular weight is 157 g/mol. The molecule has 1 aromatic rings. The molecule has 0 aliphatic carbocycles. The molecular formula is C5H8N3OP. The van der Waals surface area contributed by atoms with Crippen LogP contribution < -0.4 is 16.7 Å². The number of hydrogen-bond acceptors (Lipinski definition) is 3. The van der Waals surface area contributed by atoms with Crippen molar-refractivity contribution in [3.63, 3.8) is 0 Å².